The lowest BCUT2D eigenvalue weighted by Crippen LogP contribution is -2.51. The van der Waals surface area contributed by atoms with Gasteiger partial charge in [-0.25, -0.2) is 0 Å². The van der Waals surface area contributed by atoms with Crippen molar-refractivity contribution in [3.63, 3.8) is 0 Å². The molecule has 2 heterocycles. The van der Waals surface area contributed by atoms with Gasteiger partial charge in [0.1, 0.15) is 0 Å². The number of carbonyl (C=O) groups excluding carboxylic acids is 1. The molecule has 0 unspecified atom stereocenters. The molecule has 1 aliphatic rings. The Morgan fingerprint density at radius 1 is 1.47 bits per heavy atom. The maximum Gasteiger partial charge on any atom is 0.257 e. The summed E-state index contributed by atoms with van der Waals surface area (Å²) in [6.45, 7) is 12.7. The first-order valence-corrected chi connectivity index (χ1v) is 6.88. The van der Waals surface area contributed by atoms with E-state index in [1.165, 1.54) is 0 Å². The Balaban J connectivity index is 2.22. The molecule has 1 N–H and O–H groups in total. The Morgan fingerprint density at radius 3 is 2.68 bits per heavy atom. The third-order valence-corrected chi connectivity index (χ3v) is 3.53. The minimum absolute atomic E-state index is 0.0979. The summed E-state index contributed by atoms with van der Waals surface area (Å²) in [5.41, 5.74) is 1.58. The van der Waals surface area contributed by atoms with E-state index in [1.807, 2.05) is 16.5 Å². The summed E-state index contributed by atoms with van der Waals surface area (Å²) in [6, 6.07) is 0.357. The first kappa shape index (κ1) is 14.1. The van der Waals surface area contributed by atoms with Gasteiger partial charge in [0.05, 0.1) is 17.3 Å². The molecule has 1 saturated heterocycles. The van der Waals surface area contributed by atoms with Gasteiger partial charge in [-0.1, -0.05) is 0 Å². The molecule has 5 nitrogen and oxygen atoms in total. The average Bonchev–Trinajstić information content (AvgIpc) is 2.70. The fraction of sp³-hybridized carbons (Fsp3) is 0.714. The van der Waals surface area contributed by atoms with Crippen molar-refractivity contribution in [2.75, 3.05) is 19.6 Å². The largest absolute Gasteiger partial charge is 0.336 e. The van der Waals surface area contributed by atoms with E-state index in [1.54, 1.807) is 6.20 Å². The number of nitrogens with one attached hydrogen (secondary N) is 1. The van der Waals surface area contributed by atoms with Crippen LogP contribution < -0.4 is 5.32 Å². The van der Waals surface area contributed by atoms with Gasteiger partial charge in [0, 0.05) is 31.4 Å². The molecule has 0 radical (unpaired) electrons. The monoisotopic (exact) mass is 264 g/mol. The fourth-order valence-corrected chi connectivity index (χ4v) is 2.58. The van der Waals surface area contributed by atoms with E-state index in [0.717, 1.165) is 30.9 Å². The highest BCUT2D eigenvalue weighted by molar-refractivity contribution is 5.95. The van der Waals surface area contributed by atoms with E-state index in [0.29, 0.717) is 6.04 Å². The third-order valence-electron chi connectivity index (χ3n) is 3.53. The van der Waals surface area contributed by atoms with Crippen molar-refractivity contribution < 1.29 is 4.79 Å². The van der Waals surface area contributed by atoms with E-state index >= 15 is 0 Å². The molecule has 0 saturated carbocycles. The molecule has 1 aliphatic heterocycles. The van der Waals surface area contributed by atoms with Crippen LogP contribution in [0.5, 0.6) is 0 Å². The summed E-state index contributed by atoms with van der Waals surface area (Å²) >= 11 is 0. The Kier molecular flexibility index (Phi) is 3.67. The first-order valence-electron chi connectivity index (χ1n) is 6.88. The SMILES string of the molecule is Cc1c(C(=O)N2CCN[C@@H](C)C2)cnn1C(C)(C)C. The summed E-state index contributed by atoms with van der Waals surface area (Å²) in [5.74, 6) is 0.0985. The van der Waals surface area contributed by atoms with Crippen LogP contribution in [0.2, 0.25) is 0 Å². The Morgan fingerprint density at radius 2 is 2.16 bits per heavy atom. The van der Waals surface area contributed by atoms with Crippen LogP contribution in [0.1, 0.15) is 43.7 Å². The van der Waals surface area contributed by atoms with Crippen molar-refractivity contribution in [3.05, 3.63) is 17.5 Å². The summed E-state index contributed by atoms with van der Waals surface area (Å²) in [6.07, 6.45) is 1.70. The van der Waals surface area contributed by atoms with Gasteiger partial charge in [-0.15, -0.1) is 0 Å². The Labute approximate surface area is 115 Å². The van der Waals surface area contributed by atoms with Crippen molar-refractivity contribution in [3.8, 4) is 0 Å². The summed E-state index contributed by atoms with van der Waals surface area (Å²) in [7, 11) is 0. The van der Waals surface area contributed by atoms with Crippen LogP contribution in [0.3, 0.4) is 0 Å². The van der Waals surface area contributed by atoms with Crippen LogP contribution >= 0.6 is 0 Å². The number of carbonyl (C=O) groups is 1. The van der Waals surface area contributed by atoms with Gasteiger partial charge in [-0.05, 0) is 34.6 Å². The van der Waals surface area contributed by atoms with Crippen molar-refractivity contribution in [2.24, 2.45) is 0 Å². The Hall–Kier alpha value is -1.36. The molecule has 0 spiro atoms. The van der Waals surface area contributed by atoms with Crippen LogP contribution in [0.4, 0.5) is 0 Å². The number of hydrogen-bond acceptors (Lipinski definition) is 3. The van der Waals surface area contributed by atoms with Crippen LogP contribution in [-0.4, -0.2) is 46.3 Å². The molecule has 1 aromatic heterocycles. The molecule has 1 fully saturated rings. The molecule has 0 bridgehead atoms. The maximum absolute atomic E-state index is 12.6. The van der Waals surface area contributed by atoms with Crippen molar-refractivity contribution >= 4 is 5.91 Å². The van der Waals surface area contributed by atoms with Crippen molar-refractivity contribution in [1.82, 2.24) is 20.0 Å². The second-order valence-electron chi connectivity index (χ2n) is 6.33. The number of hydrogen-bond donors (Lipinski definition) is 1. The minimum Gasteiger partial charge on any atom is -0.336 e. The smallest absolute Gasteiger partial charge is 0.257 e. The second-order valence-corrected chi connectivity index (χ2v) is 6.33. The third kappa shape index (κ3) is 2.81. The number of amides is 1. The predicted octanol–water partition coefficient (Wildman–Crippen LogP) is 1.38. The van der Waals surface area contributed by atoms with E-state index in [4.69, 9.17) is 0 Å². The van der Waals surface area contributed by atoms with Gasteiger partial charge >= 0.3 is 0 Å². The van der Waals surface area contributed by atoms with Gasteiger partial charge in [0.2, 0.25) is 0 Å². The number of aromatic nitrogens is 2. The topological polar surface area (TPSA) is 50.2 Å². The molecule has 2 rings (SSSR count). The number of piperazine rings is 1. The van der Waals surface area contributed by atoms with Gasteiger partial charge in [-0.2, -0.15) is 5.10 Å². The molecule has 1 amide bonds. The second kappa shape index (κ2) is 4.96. The molecule has 106 valence electrons. The molecule has 0 aromatic carbocycles. The number of rotatable bonds is 1. The van der Waals surface area contributed by atoms with Gasteiger partial charge < -0.3 is 10.2 Å². The molecular weight excluding hydrogens is 240 g/mol. The van der Waals surface area contributed by atoms with Crippen molar-refractivity contribution in [1.29, 1.82) is 0 Å². The van der Waals surface area contributed by atoms with Crippen molar-refractivity contribution in [2.45, 2.75) is 46.2 Å². The molecule has 1 aromatic rings. The fourth-order valence-electron chi connectivity index (χ4n) is 2.58. The zero-order valence-corrected chi connectivity index (χ0v) is 12.5. The standard InChI is InChI=1S/C14H24N4O/c1-10-9-17(7-6-15-10)13(19)12-8-16-18(11(12)2)14(3,4)5/h8,10,15H,6-7,9H2,1-5H3/t10-/m0/s1. The lowest BCUT2D eigenvalue weighted by atomic mass is 10.1. The zero-order valence-electron chi connectivity index (χ0n) is 12.5. The normalized spacial score (nSPS) is 20.7. The van der Waals surface area contributed by atoms with Crippen LogP contribution in [0.15, 0.2) is 6.20 Å². The molecular formula is C14H24N4O. The van der Waals surface area contributed by atoms with Gasteiger partial charge in [-0.3, -0.25) is 9.48 Å². The van der Waals surface area contributed by atoms with Gasteiger partial charge in [0.15, 0.2) is 0 Å². The lowest BCUT2D eigenvalue weighted by Gasteiger charge is -2.32. The van der Waals surface area contributed by atoms with E-state index in [2.05, 4.69) is 38.1 Å². The highest BCUT2D eigenvalue weighted by atomic mass is 16.2. The predicted molar refractivity (Wildman–Crippen MR) is 75.3 cm³/mol. The molecule has 1 atom stereocenters. The molecule has 0 aliphatic carbocycles. The van der Waals surface area contributed by atoms with Crippen LogP contribution in [-0.2, 0) is 5.54 Å². The first-order chi connectivity index (χ1) is 8.80. The Bertz CT molecular complexity index is 472. The summed E-state index contributed by atoms with van der Waals surface area (Å²) in [4.78, 5) is 14.5. The highest BCUT2D eigenvalue weighted by Gasteiger charge is 2.26. The van der Waals surface area contributed by atoms with E-state index in [9.17, 15) is 4.79 Å². The summed E-state index contributed by atoms with van der Waals surface area (Å²) in [5, 5.41) is 7.72. The zero-order chi connectivity index (χ0) is 14.2. The maximum atomic E-state index is 12.6. The minimum atomic E-state index is -0.0979. The summed E-state index contributed by atoms with van der Waals surface area (Å²) < 4.78 is 1.92. The number of nitrogens with zero attached hydrogens (tertiary/aromatic N) is 3. The van der Waals surface area contributed by atoms with E-state index < -0.39 is 0 Å². The lowest BCUT2D eigenvalue weighted by molar-refractivity contribution is 0.0708. The van der Waals surface area contributed by atoms with Crippen LogP contribution in [0.25, 0.3) is 0 Å². The average molecular weight is 264 g/mol. The van der Waals surface area contributed by atoms with Gasteiger partial charge in [0.25, 0.3) is 5.91 Å². The molecule has 19 heavy (non-hydrogen) atoms. The van der Waals surface area contributed by atoms with Crippen LogP contribution in [0, 0.1) is 6.92 Å². The van der Waals surface area contributed by atoms with E-state index in [-0.39, 0.29) is 11.4 Å². The highest BCUT2D eigenvalue weighted by Crippen LogP contribution is 2.19. The molecule has 5 heteroatoms. The quantitative estimate of drug-likeness (QED) is 0.833.